The first-order chi connectivity index (χ1) is 10.8. The third-order valence-electron chi connectivity index (χ3n) is 4.03. The van der Waals surface area contributed by atoms with Crippen LogP contribution in [0, 0.1) is 5.82 Å². The van der Waals surface area contributed by atoms with Crippen LogP contribution in [0.4, 0.5) is 10.1 Å². The van der Waals surface area contributed by atoms with Gasteiger partial charge in [-0.1, -0.05) is 0 Å². The summed E-state index contributed by atoms with van der Waals surface area (Å²) >= 11 is 0. The maximum Gasteiger partial charge on any atom is 0.177 e. The Morgan fingerprint density at radius 2 is 2.09 bits per heavy atom. The number of hydrogen-bond donors (Lipinski definition) is 0. The predicted octanol–water partition coefficient (Wildman–Crippen LogP) is 2.75. The summed E-state index contributed by atoms with van der Waals surface area (Å²) in [5.74, 6) is 0.140. The highest BCUT2D eigenvalue weighted by molar-refractivity contribution is 5.74. The lowest BCUT2D eigenvalue weighted by molar-refractivity contribution is 0.411. The lowest BCUT2D eigenvalue weighted by Gasteiger charge is -2.32. The van der Waals surface area contributed by atoms with Gasteiger partial charge in [0.1, 0.15) is 11.6 Å². The molecule has 0 radical (unpaired) electrons. The fourth-order valence-corrected chi connectivity index (χ4v) is 2.70. The molecule has 112 valence electrons. The van der Waals surface area contributed by atoms with E-state index in [1.54, 1.807) is 29.0 Å². The number of methoxy groups -OCH3 is 1. The Morgan fingerprint density at radius 1 is 1.23 bits per heavy atom. The highest BCUT2D eigenvalue weighted by Gasteiger charge is 2.20. The molecular formula is C16H15FN4O. The monoisotopic (exact) mass is 298 g/mol. The van der Waals surface area contributed by atoms with Crippen molar-refractivity contribution in [2.24, 2.45) is 0 Å². The first-order valence-electron chi connectivity index (χ1n) is 7.19. The van der Waals surface area contributed by atoms with Gasteiger partial charge in [0.05, 0.1) is 30.9 Å². The van der Waals surface area contributed by atoms with Crippen LogP contribution in [0.2, 0.25) is 0 Å². The summed E-state index contributed by atoms with van der Waals surface area (Å²) in [7, 11) is 1.52. The van der Waals surface area contributed by atoms with E-state index in [1.165, 1.54) is 19.6 Å². The van der Waals surface area contributed by atoms with Gasteiger partial charge in [0, 0.05) is 24.7 Å². The van der Waals surface area contributed by atoms with Crippen LogP contribution in [-0.2, 0) is 0 Å². The van der Waals surface area contributed by atoms with Crippen LogP contribution in [-0.4, -0.2) is 34.8 Å². The summed E-state index contributed by atoms with van der Waals surface area (Å²) in [5.41, 5.74) is 2.90. The van der Waals surface area contributed by atoms with Crippen molar-refractivity contribution in [2.45, 2.75) is 6.42 Å². The van der Waals surface area contributed by atoms with E-state index in [4.69, 9.17) is 4.74 Å². The summed E-state index contributed by atoms with van der Waals surface area (Å²) in [6.45, 7) is 2.05. The Balaban J connectivity index is 1.86. The molecule has 0 spiro atoms. The molecule has 3 heterocycles. The van der Waals surface area contributed by atoms with Gasteiger partial charge in [0.2, 0.25) is 0 Å². The Hall–Kier alpha value is -2.63. The zero-order valence-electron chi connectivity index (χ0n) is 12.2. The van der Waals surface area contributed by atoms with Gasteiger partial charge in [0.25, 0.3) is 0 Å². The fraction of sp³-hybridized carbons (Fsp3) is 0.250. The number of aromatic nitrogens is 3. The van der Waals surface area contributed by atoms with Crippen LogP contribution in [0.5, 0.6) is 5.75 Å². The van der Waals surface area contributed by atoms with Crippen molar-refractivity contribution in [3.8, 4) is 17.0 Å². The Bertz CT molecular complexity index is 841. The molecule has 0 bridgehead atoms. The van der Waals surface area contributed by atoms with Gasteiger partial charge in [0.15, 0.2) is 5.65 Å². The molecule has 3 aromatic rings. The van der Waals surface area contributed by atoms with Gasteiger partial charge in [-0.25, -0.2) is 13.9 Å². The first kappa shape index (κ1) is 13.1. The fourth-order valence-electron chi connectivity index (χ4n) is 2.70. The molecule has 0 N–H and O–H groups in total. The van der Waals surface area contributed by atoms with Gasteiger partial charge in [-0.2, -0.15) is 5.10 Å². The largest absolute Gasteiger partial charge is 0.497 e. The van der Waals surface area contributed by atoms with Gasteiger partial charge >= 0.3 is 0 Å². The summed E-state index contributed by atoms with van der Waals surface area (Å²) in [6.07, 6.45) is 4.58. The van der Waals surface area contributed by atoms with E-state index in [-0.39, 0.29) is 5.82 Å². The van der Waals surface area contributed by atoms with Gasteiger partial charge in [-0.15, -0.1) is 0 Å². The average Bonchev–Trinajstić information content (AvgIpc) is 2.90. The van der Waals surface area contributed by atoms with E-state index in [2.05, 4.69) is 15.0 Å². The van der Waals surface area contributed by atoms with Crippen LogP contribution < -0.4 is 9.64 Å². The normalized spacial score (nSPS) is 14.2. The third-order valence-corrected chi connectivity index (χ3v) is 4.03. The third kappa shape index (κ3) is 1.91. The minimum absolute atomic E-state index is 0.350. The van der Waals surface area contributed by atoms with Crippen molar-refractivity contribution in [1.29, 1.82) is 0 Å². The highest BCUT2D eigenvalue weighted by Crippen LogP contribution is 2.30. The summed E-state index contributed by atoms with van der Waals surface area (Å²) in [6, 6.07) is 6.75. The van der Waals surface area contributed by atoms with Crippen LogP contribution in [0.3, 0.4) is 0 Å². The molecule has 2 aromatic heterocycles. The molecule has 0 saturated carbocycles. The van der Waals surface area contributed by atoms with E-state index in [0.717, 1.165) is 24.4 Å². The first-order valence-corrected chi connectivity index (χ1v) is 7.19. The summed E-state index contributed by atoms with van der Waals surface area (Å²) in [5, 5.41) is 4.33. The summed E-state index contributed by atoms with van der Waals surface area (Å²) in [4.78, 5) is 6.69. The Morgan fingerprint density at radius 3 is 2.77 bits per heavy atom. The number of imidazole rings is 1. The molecule has 1 aliphatic rings. The number of rotatable bonds is 3. The molecule has 1 saturated heterocycles. The second-order valence-electron chi connectivity index (χ2n) is 5.28. The van der Waals surface area contributed by atoms with E-state index >= 15 is 0 Å². The van der Waals surface area contributed by atoms with E-state index in [9.17, 15) is 4.39 Å². The topological polar surface area (TPSA) is 42.7 Å². The molecule has 0 aliphatic carbocycles. The Labute approximate surface area is 127 Å². The maximum atomic E-state index is 14.3. The number of benzene rings is 1. The van der Waals surface area contributed by atoms with Gasteiger partial charge in [-0.3, -0.25) is 0 Å². The molecule has 1 aliphatic heterocycles. The van der Waals surface area contributed by atoms with Crippen molar-refractivity contribution >= 4 is 11.3 Å². The number of nitrogens with zero attached hydrogens (tertiary/aromatic N) is 4. The smallest absolute Gasteiger partial charge is 0.177 e. The van der Waals surface area contributed by atoms with Crippen LogP contribution >= 0.6 is 0 Å². The molecule has 0 amide bonds. The zero-order valence-corrected chi connectivity index (χ0v) is 12.2. The van der Waals surface area contributed by atoms with Crippen LogP contribution in [0.25, 0.3) is 16.9 Å². The number of ether oxygens (including phenoxy) is 1. The summed E-state index contributed by atoms with van der Waals surface area (Å²) < 4.78 is 21.0. The lowest BCUT2D eigenvalue weighted by atomic mass is 10.1. The number of fused-ring (bicyclic) bond motifs is 1. The van der Waals surface area contributed by atoms with Crippen molar-refractivity contribution < 1.29 is 9.13 Å². The molecule has 1 fully saturated rings. The molecule has 0 atom stereocenters. The SMILES string of the molecule is COc1ccc(-c2cnc3c(N4CCC4)ccnn23)c(F)c1. The molecule has 4 rings (SSSR count). The standard InChI is InChI=1S/C16H15FN4O/c1-22-11-3-4-12(13(17)9-11)15-10-18-16-14(20-7-2-8-20)5-6-19-21(15)16/h3-6,9-10H,2,7-8H2,1H3. The second kappa shape index (κ2) is 4.98. The lowest BCUT2D eigenvalue weighted by Crippen LogP contribution is -2.37. The van der Waals surface area contributed by atoms with E-state index in [1.807, 2.05) is 6.07 Å². The zero-order chi connectivity index (χ0) is 15.1. The molecule has 22 heavy (non-hydrogen) atoms. The van der Waals surface area contributed by atoms with E-state index in [0.29, 0.717) is 17.0 Å². The molecule has 6 heteroatoms. The molecule has 0 unspecified atom stereocenters. The average molecular weight is 298 g/mol. The quantitative estimate of drug-likeness (QED) is 0.745. The number of halogens is 1. The highest BCUT2D eigenvalue weighted by atomic mass is 19.1. The van der Waals surface area contributed by atoms with Gasteiger partial charge < -0.3 is 9.64 Å². The van der Waals surface area contributed by atoms with Crippen LogP contribution in [0.15, 0.2) is 36.7 Å². The predicted molar refractivity (Wildman–Crippen MR) is 81.8 cm³/mol. The number of anilines is 1. The number of hydrogen-bond acceptors (Lipinski definition) is 4. The van der Waals surface area contributed by atoms with E-state index < -0.39 is 0 Å². The van der Waals surface area contributed by atoms with Gasteiger partial charge in [-0.05, 0) is 24.6 Å². The second-order valence-corrected chi connectivity index (χ2v) is 5.28. The van der Waals surface area contributed by atoms with Crippen LogP contribution in [0.1, 0.15) is 6.42 Å². The minimum atomic E-state index is -0.350. The Kier molecular flexibility index (Phi) is 2.96. The minimum Gasteiger partial charge on any atom is -0.497 e. The molecular weight excluding hydrogens is 283 g/mol. The maximum absolute atomic E-state index is 14.3. The van der Waals surface area contributed by atoms with Crippen molar-refractivity contribution in [3.63, 3.8) is 0 Å². The molecule has 5 nitrogen and oxygen atoms in total. The van der Waals surface area contributed by atoms with Crippen molar-refractivity contribution in [3.05, 3.63) is 42.5 Å². The molecule has 1 aromatic carbocycles. The van der Waals surface area contributed by atoms with Crippen molar-refractivity contribution in [2.75, 3.05) is 25.1 Å². The van der Waals surface area contributed by atoms with Crippen molar-refractivity contribution in [1.82, 2.24) is 14.6 Å².